The molecule has 5 rings (SSSR count). The van der Waals surface area contributed by atoms with E-state index < -0.39 is 20.0 Å². The molecule has 0 saturated carbocycles. The quantitative estimate of drug-likeness (QED) is 0.389. The van der Waals surface area contributed by atoms with Gasteiger partial charge in [-0.1, -0.05) is 30.3 Å². The lowest BCUT2D eigenvalue weighted by atomic mass is 10.2. The Labute approximate surface area is 209 Å². The Morgan fingerprint density at radius 1 is 0.750 bits per heavy atom. The number of aromatic nitrogens is 1. The van der Waals surface area contributed by atoms with Crippen LogP contribution in [0.2, 0.25) is 0 Å². The van der Waals surface area contributed by atoms with Gasteiger partial charge in [0.1, 0.15) is 0 Å². The molecule has 0 radical (unpaired) electrons. The average molecular weight is 526 g/mol. The van der Waals surface area contributed by atoms with Crippen LogP contribution in [0.1, 0.15) is 0 Å². The van der Waals surface area contributed by atoms with Crippen molar-refractivity contribution < 1.29 is 26.0 Å². The van der Waals surface area contributed by atoms with Crippen molar-refractivity contribution in [3.8, 4) is 22.8 Å². The molecule has 0 unspecified atom stereocenters. The van der Waals surface area contributed by atoms with Crippen LogP contribution < -0.4 is 4.72 Å². The van der Waals surface area contributed by atoms with E-state index in [1.807, 2.05) is 30.3 Å². The number of sulfonamides is 2. The molecule has 0 aliphatic carbocycles. The van der Waals surface area contributed by atoms with Gasteiger partial charge in [0.05, 0.1) is 29.2 Å². The summed E-state index contributed by atoms with van der Waals surface area (Å²) >= 11 is 0. The second kappa shape index (κ2) is 9.86. The second-order valence-electron chi connectivity index (χ2n) is 8.07. The molecule has 11 heteroatoms. The molecule has 1 fully saturated rings. The number of ether oxygens (including phenoxy) is 1. The van der Waals surface area contributed by atoms with Crippen LogP contribution in [0.25, 0.3) is 22.8 Å². The van der Waals surface area contributed by atoms with Gasteiger partial charge in [0.2, 0.25) is 15.9 Å². The number of hydrogen-bond donors (Lipinski definition) is 1. The standard InChI is InChI=1S/C25H23N3O6S2/c29-35(30,27-21-8-12-23(13-9-21)36(31,32)28-14-16-33-17-15-28)22-10-6-20(7-11-22)25-26-18-24(34-25)19-4-2-1-3-5-19/h1-13,18,27H,14-17H2. The maximum absolute atomic E-state index is 12.9. The van der Waals surface area contributed by atoms with Gasteiger partial charge in [-0.05, 0) is 48.5 Å². The SMILES string of the molecule is O=S(=O)(Nc1ccc(S(=O)(=O)N2CCOCC2)cc1)c1ccc(-c2ncc(-c3ccccc3)o2)cc1. The fraction of sp³-hybridized carbons (Fsp3) is 0.160. The van der Waals surface area contributed by atoms with E-state index in [-0.39, 0.29) is 28.6 Å². The summed E-state index contributed by atoms with van der Waals surface area (Å²) in [5.74, 6) is 0.992. The van der Waals surface area contributed by atoms with Gasteiger partial charge >= 0.3 is 0 Å². The van der Waals surface area contributed by atoms with Crippen LogP contribution in [0.4, 0.5) is 5.69 Å². The molecule has 1 aliphatic heterocycles. The highest BCUT2D eigenvalue weighted by atomic mass is 32.2. The summed E-state index contributed by atoms with van der Waals surface area (Å²) in [7, 11) is -7.56. The summed E-state index contributed by atoms with van der Waals surface area (Å²) in [6.45, 7) is 1.27. The van der Waals surface area contributed by atoms with E-state index in [4.69, 9.17) is 9.15 Å². The maximum Gasteiger partial charge on any atom is 0.261 e. The van der Waals surface area contributed by atoms with Crippen LogP contribution in [0.5, 0.6) is 0 Å². The molecule has 0 bridgehead atoms. The van der Waals surface area contributed by atoms with E-state index in [2.05, 4.69) is 9.71 Å². The minimum absolute atomic E-state index is 0.0473. The van der Waals surface area contributed by atoms with Crippen molar-refractivity contribution in [3.63, 3.8) is 0 Å². The highest BCUT2D eigenvalue weighted by Crippen LogP contribution is 2.27. The summed E-state index contributed by atoms with van der Waals surface area (Å²) in [5, 5.41) is 0. The Kier molecular flexibility index (Phi) is 6.63. The zero-order valence-electron chi connectivity index (χ0n) is 19.1. The van der Waals surface area contributed by atoms with Crippen LogP contribution in [0.3, 0.4) is 0 Å². The van der Waals surface area contributed by atoms with E-state index in [0.717, 1.165) is 5.56 Å². The van der Waals surface area contributed by atoms with E-state index in [1.54, 1.807) is 18.3 Å². The molecule has 1 aliphatic rings. The summed E-state index contributed by atoms with van der Waals surface area (Å²) in [5.41, 5.74) is 1.78. The van der Waals surface area contributed by atoms with Crippen molar-refractivity contribution in [1.82, 2.24) is 9.29 Å². The van der Waals surface area contributed by atoms with Crippen molar-refractivity contribution in [2.75, 3.05) is 31.0 Å². The van der Waals surface area contributed by atoms with Gasteiger partial charge in [-0.2, -0.15) is 4.31 Å². The first-order chi connectivity index (χ1) is 17.3. The van der Waals surface area contributed by atoms with Gasteiger partial charge in [0.15, 0.2) is 5.76 Å². The summed E-state index contributed by atoms with van der Waals surface area (Å²) in [6, 6.07) is 21.3. The summed E-state index contributed by atoms with van der Waals surface area (Å²) < 4.78 is 66.1. The highest BCUT2D eigenvalue weighted by Gasteiger charge is 2.26. The van der Waals surface area contributed by atoms with Gasteiger partial charge in [-0.15, -0.1) is 0 Å². The first-order valence-electron chi connectivity index (χ1n) is 11.2. The first-order valence-corrected chi connectivity index (χ1v) is 14.1. The number of hydrogen-bond acceptors (Lipinski definition) is 7. The Morgan fingerprint density at radius 2 is 1.39 bits per heavy atom. The lowest BCUT2D eigenvalue weighted by molar-refractivity contribution is 0.0730. The monoisotopic (exact) mass is 525 g/mol. The number of oxazole rings is 1. The third kappa shape index (κ3) is 5.05. The van der Waals surface area contributed by atoms with E-state index in [1.165, 1.54) is 40.7 Å². The molecular weight excluding hydrogens is 502 g/mol. The van der Waals surface area contributed by atoms with Crippen LogP contribution in [-0.2, 0) is 24.8 Å². The van der Waals surface area contributed by atoms with Crippen molar-refractivity contribution in [2.24, 2.45) is 0 Å². The third-order valence-corrected chi connectivity index (χ3v) is 9.00. The smallest absolute Gasteiger partial charge is 0.261 e. The van der Waals surface area contributed by atoms with Crippen molar-refractivity contribution >= 4 is 25.7 Å². The Bertz CT molecular complexity index is 1540. The normalized spacial score (nSPS) is 15.0. The molecular formula is C25H23N3O6S2. The first kappa shape index (κ1) is 24.2. The van der Waals surface area contributed by atoms with E-state index in [9.17, 15) is 16.8 Å². The zero-order chi connectivity index (χ0) is 25.2. The van der Waals surface area contributed by atoms with Gasteiger partial charge in [-0.25, -0.2) is 21.8 Å². The van der Waals surface area contributed by atoms with Crippen molar-refractivity contribution in [3.05, 3.63) is 85.1 Å². The lowest BCUT2D eigenvalue weighted by Gasteiger charge is -2.26. The average Bonchev–Trinajstić information content (AvgIpc) is 3.40. The Morgan fingerprint density at radius 3 is 2.06 bits per heavy atom. The van der Waals surface area contributed by atoms with Crippen molar-refractivity contribution in [1.29, 1.82) is 0 Å². The topological polar surface area (TPSA) is 119 Å². The molecule has 3 aromatic carbocycles. The third-order valence-electron chi connectivity index (χ3n) is 5.69. The fourth-order valence-electron chi connectivity index (χ4n) is 3.77. The molecule has 36 heavy (non-hydrogen) atoms. The second-order valence-corrected chi connectivity index (χ2v) is 11.7. The number of rotatable bonds is 7. The summed E-state index contributed by atoms with van der Waals surface area (Å²) in [4.78, 5) is 4.44. The number of nitrogens with one attached hydrogen (secondary N) is 1. The zero-order valence-corrected chi connectivity index (χ0v) is 20.7. The number of anilines is 1. The molecule has 9 nitrogen and oxygen atoms in total. The molecule has 0 amide bonds. The molecule has 0 spiro atoms. The number of nitrogens with zero attached hydrogens (tertiary/aromatic N) is 2. The largest absolute Gasteiger partial charge is 0.436 e. The molecule has 1 saturated heterocycles. The lowest BCUT2D eigenvalue weighted by Crippen LogP contribution is -2.40. The van der Waals surface area contributed by atoms with Gasteiger partial charge in [0.25, 0.3) is 10.0 Å². The van der Waals surface area contributed by atoms with Crippen LogP contribution in [0.15, 0.2) is 99.3 Å². The molecule has 4 aromatic rings. The minimum atomic E-state index is -3.90. The molecule has 0 atom stereocenters. The minimum Gasteiger partial charge on any atom is -0.436 e. The van der Waals surface area contributed by atoms with Crippen LogP contribution in [0, 0.1) is 0 Å². The predicted octanol–water partition coefficient (Wildman–Crippen LogP) is 3.83. The van der Waals surface area contributed by atoms with Gasteiger partial charge in [0, 0.05) is 29.9 Å². The Balaban J connectivity index is 1.29. The van der Waals surface area contributed by atoms with Crippen molar-refractivity contribution in [2.45, 2.75) is 9.79 Å². The summed E-state index contributed by atoms with van der Waals surface area (Å²) in [6.07, 6.45) is 1.62. The molecule has 186 valence electrons. The maximum atomic E-state index is 12.9. The van der Waals surface area contributed by atoms with E-state index >= 15 is 0 Å². The molecule has 1 aromatic heterocycles. The highest BCUT2D eigenvalue weighted by molar-refractivity contribution is 7.92. The van der Waals surface area contributed by atoms with Gasteiger partial charge in [-0.3, -0.25) is 4.72 Å². The molecule has 1 N–H and O–H groups in total. The fourth-order valence-corrected chi connectivity index (χ4v) is 6.23. The van der Waals surface area contributed by atoms with Crippen LogP contribution >= 0.6 is 0 Å². The Hall–Kier alpha value is -3.51. The van der Waals surface area contributed by atoms with Gasteiger partial charge < -0.3 is 9.15 Å². The molecule has 2 heterocycles. The van der Waals surface area contributed by atoms with Crippen LogP contribution in [-0.4, -0.2) is 52.4 Å². The predicted molar refractivity (Wildman–Crippen MR) is 134 cm³/mol. The van der Waals surface area contributed by atoms with E-state index in [0.29, 0.717) is 30.4 Å². The number of morpholine rings is 1. The number of benzene rings is 3.